The highest BCUT2D eigenvalue weighted by Crippen LogP contribution is 2.31. The number of thiazole rings is 1. The molecule has 0 unspecified atom stereocenters. The molecule has 1 aliphatic rings. The summed E-state index contributed by atoms with van der Waals surface area (Å²) in [5, 5.41) is 5.43. The number of carbonyl (C=O) groups is 1. The van der Waals surface area contributed by atoms with Crippen molar-refractivity contribution in [2.75, 3.05) is 19.5 Å². The second-order valence-electron chi connectivity index (χ2n) is 6.75. The molecule has 5 nitrogen and oxygen atoms in total. The fraction of sp³-hybridized carbons (Fsp3) is 0.273. The predicted molar refractivity (Wildman–Crippen MR) is 112 cm³/mol. The van der Waals surface area contributed by atoms with Crippen molar-refractivity contribution in [3.63, 3.8) is 0 Å². The van der Waals surface area contributed by atoms with Gasteiger partial charge in [0.25, 0.3) is 5.91 Å². The molecule has 0 fully saturated rings. The summed E-state index contributed by atoms with van der Waals surface area (Å²) in [5.41, 5.74) is 5.35. The van der Waals surface area contributed by atoms with Crippen LogP contribution in [0.1, 0.15) is 34.3 Å². The number of aryl methyl sites for hydroxylation is 2. The van der Waals surface area contributed by atoms with Gasteiger partial charge in [0.1, 0.15) is 0 Å². The van der Waals surface area contributed by atoms with Crippen molar-refractivity contribution in [2.45, 2.75) is 25.7 Å². The lowest BCUT2D eigenvalue weighted by Gasteiger charge is -2.16. The van der Waals surface area contributed by atoms with Gasteiger partial charge in [-0.25, -0.2) is 4.98 Å². The Morgan fingerprint density at radius 2 is 1.79 bits per heavy atom. The monoisotopic (exact) mass is 394 g/mol. The Morgan fingerprint density at radius 3 is 2.57 bits per heavy atom. The molecule has 144 valence electrons. The largest absolute Gasteiger partial charge is 0.493 e. The molecule has 0 saturated heterocycles. The third-order valence-electron chi connectivity index (χ3n) is 5.01. The summed E-state index contributed by atoms with van der Waals surface area (Å²) in [4.78, 5) is 17.2. The number of methoxy groups -OCH3 is 2. The zero-order chi connectivity index (χ0) is 19.5. The molecule has 28 heavy (non-hydrogen) atoms. The van der Waals surface area contributed by atoms with Gasteiger partial charge in [-0.15, -0.1) is 11.3 Å². The van der Waals surface area contributed by atoms with E-state index in [1.165, 1.54) is 41.7 Å². The molecule has 0 atom stereocenters. The van der Waals surface area contributed by atoms with Crippen LogP contribution in [-0.2, 0) is 12.8 Å². The quantitative estimate of drug-likeness (QED) is 0.665. The lowest BCUT2D eigenvalue weighted by atomic mass is 9.90. The van der Waals surface area contributed by atoms with Gasteiger partial charge in [0.2, 0.25) is 0 Å². The zero-order valence-electron chi connectivity index (χ0n) is 16.0. The lowest BCUT2D eigenvalue weighted by Crippen LogP contribution is -2.12. The van der Waals surface area contributed by atoms with Gasteiger partial charge in [0.15, 0.2) is 16.6 Å². The molecule has 1 aliphatic carbocycles. The van der Waals surface area contributed by atoms with Crippen LogP contribution in [0.2, 0.25) is 0 Å². The number of nitrogens with one attached hydrogen (secondary N) is 1. The third-order valence-corrected chi connectivity index (χ3v) is 5.77. The molecule has 1 amide bonds. The van der Waals surface area contributed by atoms with Crippen molar-refractivity contribution in [3.8, 4) is 22.8 Å². The van der Waals surface area contributed by atoms with E-state index in [4.69, 9.17) is 9.47 Å². The summed E-state index contributed by atoms with van der Waals surface area (Å²) in [5.74, 6) is 0.874. The van der Waals surface area contributed by atoms with E-state index in [0.29, 0.717) is 22.2 Å². The Morgan fingerprint density at radius 1 is 1.00 bits per heavy atom. The molecule has 0 bridgehead atoms. The van der Waals surface area contributed by atoms with Crippen LogP contribution >= 0.6 is 11.3 Å². The highest BCUT2D eigenvalue weighted by Gasteiger charge is 2.15. The minimum Gasteiger partial charge on any atom is -0.493 e. The molecule has 0 radical (unpaired) electrons. The molecular formula is C22H22N2O3S. The van der Waals surface area contributed by atoms with E-state index in [0.717, 1.165) is 17.7 Å². The van der Waals surface area contributed by atoms with Crippen LogP contribution in [0.15, 0.2) is 41.8 Å². The Balaban J connectivity index is 1.51. The van der Waals surface area contributed by atoms with Gasteiger partial charge in [-0.1, -0.05) is 12.1 Å². The van der Waals surface area contributed by atoms with Gasteiger partial charge >= 0.3 is 0 Å². The number of aromatic nitrogens is 1. The highest BCUT2D eigenvalue weighted by molar-refractivity contribution is 7.14. The van der Waals surface area contributed by atoms with Crippen LogP contribution in [0.5, 0.6) is 11.5 Å². The summed E-state index contributed by atoms with van der Waals surface area (Å²) < 4.78 is 10.5. The molecule has 3 aromatic rings. The minimum absolute atomic E-state index is 0.229. The van der Waals surface area contributed by atoms with Crippen LogP contribution in [0.3, 0.4) is 0 Å². The average Bonchev–Trinajstić information content (AvgIpc) is 3.21. The van der Waals surface area contributed by atoms with Crippen molar-refractivity contribution < 1.29 is 14.3 Å². The SMILES string of the molecule is COc1ccc(C(=O)Nc2nc(-c3ccc4c(c3)CCCC4)cs2)cc1OC. The molecule has 0 aliphatic heterocycles. The van der Waals surface area contributed by atoms with E-state index < -0.39 is 0 Å². The first-order valence-corrected chi connectivity index (χ1v) is 10.2. The molecule has 1 heterocycles. The maximum absolute atomic E-state index is 12.6. The fourth-order valence-corrected chi connectivity index (χ4v) is 4.22. The van der Waals surface area contributed by atoms with Gasteiger partial charge in [-0.2, -0.15) is 0 Å². The van der Waals surface area contributed by atoms with E-state index in [9.17, 15) is 4.79 Å². The first-order valence-electron chi connectivity index (χ1n) is 9.29. The van der Waals surface area contributed by atoms with Crippen molar-refractivity contribution in [1.29, 1.82) is 0 Å². The number of carbonyl (C=O) groups excluding carboxylic acids is 1. The number of ether oxygens (including phenoxy) is 2. The van der Waals surface area contributed by atoms with Crippen molar-refractivity contribution >= 4 is 22.4 Å². The number of nitrogens with zero attached hydrogens (tertiary/aromatic N) is 1. The Hall–Kier alpha value is -2.86. The zero-order valence-corrected chi connectivity index (χ0v) is 16.8. The molecule has 6 heteroatoms. The van der Waals surface area contributed by atoms with Crippen molar-refractivity contribution in [3.05, 3.63) is 58.5 Å². The standard InChI is InChI=1S/C22H22N2O3S/c1-26-19-10-9-17(12-20(19)27-2)21(25)24-22-23-18(13-28-22)16-8-7-14-5-3-4-6-15(14)11-16/h7-13H,3-6H2,1-2H3,(H,23,24,25). The second kappa shape index (κ2) is 8.02. The molecule has 0 spiro atoms. The molecule has 2 aromatic carbocycles. The summed E-state index contributed by atoms with van der Waals surface area (Å²) in [6.45, 7) is 0. The van der Waals surface area contributed by atoms with E-state index in [1.807, 2.05) is 5.38 Å². The fourth-order valence-electron chi connectivity index (χ4n) is 3.50. The molecule has 4 rings (SSSR count). The average molecular weight is 394 g/mol. The van der Waals surface area contributed by atoms with Gasteiger partial charge < -0.3 is 9.47 Å². The Labute approximate surface area is 168 Å². The lowest BCUT2D eigenvalue weighted by molar-refractivity contribution is 0.102. The minimum atomic E-state index is -0.229. The van der Waals surface area contributed by atoms with E-state index in [2.05, 4.69) is 28.5 Å². The van der Waals surface area contributed by atoms with Gasteiger partial charge in [-0.3, -0.25) is 10.1 Å². The Kier molecular flexibility index (Phi) is 5.30. The number of hydrogen-bond acceptors (Lipinski definition) is 5. The smallest absolute Gasteiger partial charge is 0.257 e. The van der Waals surface area contributed by atoms with E-state index in [1.54, 1.807) is 32.4 Å². The number of hydrogen-bond donors (Lipinski definition) is 1. The van der Waals surface area contributed by atoms with Crippen LogP contribution in [0.4, 0.5) is 5.13 Å². The number of amides is 1. The summed E-state index contributed by atoms with van der Waals surface area (Å²) >= 11 is 1.42. The van der Waals surface area contributed by atoms with E-state index in [-0.39, 0.29) is 5.91 Å². The van der Waals surface area contributed by atoms with Crippen molar-refractivity contribution in [2.24, 2.45) is 0 Å². The van der Waals surface area contributed by atoms with Crippen LogP contribution in [-0.4, -0.2) is 25.1 Å². The predicted octanol–water partition coefficient (Wildman–Crippen LogP) is 4.96. The third kappa shape index (κ3) is 3.73. The normalized spacial score (nSPS) is 12.9. The molecule has 1 aromatic heterocycles. The Bertz CT molecular complexity index is 1010. The number of anilines is 1. The maximum Gasteiger partial charge on any atom is 0.257 e. The molecule has 1 N–H and O–H groups in total. The topological polar surface area (TPSA) is 60.5 Å². The molecular weight excluding hydrogens is 372 g/mol. The first kappa shape index (κ1) is 18.5. The number of benzene rings is 2. The summed E-state index contributed by atoms with van der Waals surface area (Å²) in [7, 11) is 3.11. The van der Waals surface area contributed by atoms with Gasteiger partial charge in [0.05, 0.1) is 19.9 Å². The number of fused-ring (bicyclic) bond motifs is 1. The van der Waals surface area contributed by atoms with Crippen LogP contribution < -0.4 is 14.8 Å². The molecule has 0 saturated carbocycles. The van der Waals surface area contributed by atoms with Crippen LogP contribution in [0.25, 0.3) is 11.3 Å². The summed E-state index contributed by atoms with van der Waals surface area (Å²) in [6.07, 6.45) is 4.82. The number of rotatable bonds is 5. The van der Waals surface area contributed by atoms with E-state index >= 15 is 0 Å². The second-order valence-corrected chi connectivity index (χ2v) is 7.61. The first-order chi connectivity index (χ1) is 13.7. The van der Waals surface area contributed by atoms with Crippen molar-refractivity contribution in [1.82, 2.24) is 4.98 Å². The van der Waals surface area contributed by atoms with Gasteiger partial charge in [0, 0.05) is 16.5 Å². The highest BCUT2D eigenvalue weighted by atomic mass is 32.1. The van der Waals surface area contributed by atoms with Gasteiger partial charge in [-0.05, 0) is 61.1 Å². The van der Waals surface area contributed by atoms with Crippen LogP contribution in [0, 0.1) is 0 Å². The maximum atomic E-state index is 12.6. The summed E-state index contributed by atoms with van der Waals surface area (Å²) in [6, 6.07) is 11.7.